The van der Waals surface area contributed by atoms with Gasteiger partial charge in [0.1, 0.15) is 24.4 Å². The zero-order chi connectivity index (χ0) is 32.8. The van der Waals surface area contributed by atoms with E-state index in [-0.39, 0.29) is 27.9 Å². The monoisotopic (exact) mass is 632 g/mol. The molecule has 2 saturated heterocycles. The van der Waals surface area contributed by atoms with E-state index in [1.54, 1.807) is 7.11 Å². The molecular weight excluding hydrogens is 572 g/mol. The van der Waals surface area contributed by atoms with Crippen molar-refractivity contribution in [1.29, 1.82) is 0 Å². The van der Waals surface area contributed by atoms with Crippen molar-refractivity contribution in [3.05, 3.63) is 24.3 Å². The number of aliphatic hydroxyl groups is 4. The van der Waals surface area contributed by atoms with Crippen molar-refractivity contribution >= 4 is 0 Å². The molecule has 4 aliphatic carbocycles. The van der Waals surface area contributed by atoms with Crippen LogP contribution in [0.4, 0.5) is 0 Å². The normalized spacial score (nSPS) is 51.2. The molecule has 2 heterocycles. The summed E-state index contributed by atoms with van der Waals surface area (Å²) in [6, 6.07) is 0. The van der Waals surface area contributed by atoms with E-state index in [1.807, 2.05) is 0 Å². The molecule has 1 spiro atoms. The minimum absolute atomic E-state index is 0.0922. The van der Waals surface area contributed by atoms with Crippen LogP contribution in [0.3, 0.4) is 0 Å². The van der Waals surface area contributed by atoms with Crippen LogP contribution in [0, 0.1) is 45.3 Å². The summed E-state index contributed by atoms with van der Waals surface area (Å²) < 4.78 is 24.9. The van der Waals surface area contributed by atoms with Gasteiger partial charge in [0.2, 0.25) is 0 Å². The Morgan fingerprint density at radius 3 is 2.40 bits per heavy atom. The number of fused-ring (bicyclic) bond motifs is 2. The third-order valence-corrected chi connectivity index (χ3v) is 14.8. The molecule has 6 aliphatic rings. The third-order valence-electron chi connectivity index (χ3n) is 14.8. The van der Waals surface area contributed by atoms with E-state index in [9.17, 15) is 20.4 Å². The quantitative estimate of drug-likeness (QED) is 0.283. The van der Waals surface area contributed by atoms with E-state index in [0.29, 0.717) is 23.7 Å². The summed E-state index contributed by atoms with van der Waals surface area (Å²) in [7, 11) is 1.77. The molecule has 0 aromatic carbocycles. The lowest BCUT2D eigenvalue weighted by molar-refractivity contribution is -0.329. The summed E-state index contributed by atoms with van der Waals surface area (Å²) in [5, 5.41) is 41.1. The number of rotatable bonds is 8. The molecule has 14 atom stereocenters. The highest BCUT2D eigenvalue weighted by Crippen LogP contribution is 2.77. The number of ether oxygens (including phenoxy) is 4. The number of allylic oxidation sites excluding steroid dienone is 2. The van der Waals surface area contributed by atoms with Crippen LogP contribution in [-0.2, 0) is 18.9 Å². The van der Waals surface area contributed by atoms with Gasteiger partial charge in [-0.2, -0.15) is 0 Å². The zero-order valence-corrected chi connectivity index (χ0v) is 28.9. The van der Waals surface area contributed by atoms with Gasteiger partial charge in [0.15, 0.2) is 6.29 Å². The Labute approximate surface area is 270 Å². The summed E-state index contributed by atoms with van der Waals surface area (Å²) in [5.74, 6) is 2.12. The van der Waals surface area contributed by atoms with Crippen molar-refractivity contribution in [3.8, 4) is 0 Å². The highest BCUT2D eigenvalue weighted by Gasteiger charge is 2.75. The van der Waals surface area contributed by atoms with Crippen LogP contribution in [-0.4, -0.2) is 88.8 Å². The number of aliphatic hydroxyl groups excluding tert-OH is 4. The van der Waals surface area contributed by atoms with Gasteiger partial charge < -0.3 is 39.4 Å². The van der Waals surface area contributed by atoms with Crippen molar-refractivity contribution in [2.45, 2.75) is 141 Å². The Hall–Kier alpha value is -0.840. The highest BCUT2D eigenvalue weighted by atomic mass is 16.7. The smallest absolute Gasteiger partial charge is 0.186 e. The van der Waals surface area contributed by atoms with Gasteiger partial charge in [-0.25, -0.2) is 0 Å². The van der Waals surface area contributed by atoms with Gasteiger partial charge in [0, 0.05) is 23.9 Å². The first kappa shape index (κ1) is 34.0. The van der Waals surface area contributed by atoms with Crippen molar-refractivity contribution in [2.24, 2.45) is 45.3 Å². The highest BCUT2D eigenvalue weighted by molar-refractivity contribution is 5.33. The van der Waals surface area contributed by atoms with Crippen molar-refractivity contribution in [3.63, 3.8) is 0 Å². The average molecular weight is 633 g/mol. The Kier molecular flexibility index (Phi) is 8.60. The minimum atomic E-state index is -1.46. The molecule has 2 aliphatic heterocycles. The molecule has 256 valence electrons. The summed E-state index contributed by atoms with van der Waals surface area (Å²) in [5.41, 5.74) is -0.609. The van der Waals surface area contributed by atoms with Crippen LogP contribution < -0.4 is 0 Å². The lowest BCUT2D eigenvalue weighted by atomic mass is 9.38. The van der Waals surface area contributed by atoms with E-state index >= 15 is 0 Å². The van der Waals surface area contributed by atoms with Crippen molar-refractivity contribution in [2.75, 3.05) is 20.3 Å². The maximum atomic E-state index is 10.7. The van der Waals surface area contributed by atoms with E-state index in [1.165, 1.54) is 25.7 Å². The first-order valence-electron chi connectivity index (χ1n) is 17.6. The number of methoxy groups -OCH3 is 1. The molecule has 3 saturated carbocycles. The van der Waals surface area contributed by atoms with Crippen LogP contribution in [0.1, 0.15) is 93.4 Å². The van der Waals surface area contributed by atoms with E-state index in [0.717, 1.165) is 25.9 Å². The lowest BCUT2D eigenvalue weighted by Crippen LogP contribution is -2.66. The summed E-state index contributed by atoms with van der Waals surface area (Å²) in [4.78, 5) is 0. The predicted molar refractivity (Wildman–Crippen MR) is 171 cm³/mol. The standard InChI is InChI=1S/C37H60O8/c1-22(10-9-15-32(2,3)42-8)23-13-16-35(7)25-14-17-37-26(36(25,21-43-37)19-18-34(23,35)6)11-12-27(33(37,4)5)45-31-30(41)29(40)28(39)24(20-38)44-31/h9,14-15,17,22-31,38-41H,10-13,16,18-21H2,1-8H3/b15-9+/t22-,23?,24-,25?,26?,27+,28-,29+,30-,31?,34-,35+,36?,37?/m1/s1. The first-order valence-corrected chi connectivity index (χ1v) is 17.6. The molecule has 45 heavy (non-hydrogen) atoms. The first-order chi connectivity index (χ1) is 21.0. The average Bonchev–Trinajstić information content (AvgIpc) is 3.39. The SMILES string of the molecule is COC(C)(C)/C=C/C[C@@H](C)C1CC[C@@]2(C)C3C=CC45OCC3(CC[C@]12C)C4CC[C@H](OC1O[C@H](CO)[C@@H](O)[C@H](O)[C@H]1O)C5(C)C. The van der Waals surface area contributed by atoms with Crippen molar-refractivity contribution < 1.29 is 39.4 Å². The maximum absolute atomic E-state index is 10.7. The fourth-order valence-corrected chi connectivity index (χ4v) is 11.6. The van der Waals surface area contributed by atoms with E-state index in [4.69, 9.17) is 18.9 Å². The van der Waals surface area contributed by atoms with Gasteiger partial charge in [-0.15, -0.1) is 0 Å². The molecule has 6 rings (SSSR count). The van der Waals surface area contributed by atoms with Crippen molar-refractivity contribution in [1.82, 2.24) is 0 Å². The van der Waals surface area contributed by atoms with Gasteiger partial charge in [0.25, 0.3) is 0 Å². The second kappa shape index (κ2) is 11.4. The minimum Gasteiger partial charge on any atom is -0.394 e. The van der Waals surface area contributed by atoms with Crippen LogP contribution in [0.5, 0.6) is 0 Å². The zero-order valence-electron chi connectivity index (χ0n) is 28.9. The molecule has 6 unspecified atom stereocenters. The maximum Gasteiger partial charge on any atom is 0.186 e. The second-order valence-corrected chi connectivity index (χ2v) is 17.2. The Morgan fingerprint density at radius 2 is 1.71 bits per heavy atom. The molecule has 0 aromatic rings. The lowest BCUT2D eigenvalue weighted by Gasteiger charge is -2.65. The molecule has 0 radical (unpaired) electrons. The van der Waals surface area contributed by atoms with Gasteiger partial charge in [-0.1, -0.05) is 58.9 Å². The molecule has 2 bridgehead atoms. The van der Waals surface area contributed by atoms with E-state index in [2.05, 4.69) is 72.8 Å². The number of hydrogen-bond donors (Lipinski definition) is 4. The predicted octanol–water partition coefficient (Wildman–Crippen LogP) is 4.77. The fourth-order valence-electron chi connectivity index (χ4n) is 11.6. The third kappa shape index (κ3) is 4.74. The second-order valence-electron chi connectivity index (χ2n) is 17.2. The van der Waals surface area contributed by atoms with Crippen LogP contribution in [0.25, 0.3) is 0 Å². The molecule has 0 amide bonds. The molecule has 0 aromatic heterocycles. The molecule has 8 heteroatoms. The van der Waals surface area contributed by atoms with Gasteiger partial charge in [-0.3, -0.25) is 0 Å². The van der Waals surface area contributed by atoms with Crippen LogP contribution >= 0.6 is 0 Å². The van der Waals surface area contributed by atoms with Crippen LogP contribution in [0.15, 0.2) is 24.3 Å². The summed E-state index contributed by atoms with van der Waals surface area (Å²) in [6.45, 7) is 16.6. The van der Waals surface area contributed by atoms with E-state index < -0.39 is 48.3 Å². The Morgan fingerprint density at radius 1 is 0.978 bits per heavy atom. The molecule has 8 nitrogen and oxygen atoms in total. The van der Waals surface area contributed by atoms with Gasteiger partial charge in [-0.05, 0) is 87.4 Å². The Bertz CT molecular complexity index is 1170. The topological polar surface area (TPSA) is 118 Å². The summed E-state index contributed by atoms with van der Waals surface area (Å²) >= 11 is 0. The Balaban J connectivity index is 1.24. The van der Waals surface area contributed by atoms with Crippen LogP contribution in [0.2, 0.25) is 0 Å². The molecule has 4 N–H and O–H groups in total. The molecule has 5 fully saturated rings. The van der Waals surface area contributed by atoms with Gasteiger partial charge in [0.05, 0.1) is 30.5 Å². The molecular formula is C37H60O8. The largest absolute Gasteiger partial charge is 0.394 e. The summed E-state index contributed by atoms with van der Waals surface area (Å²) in [6.07, 6.45) is 10.5. The number of hydrogen-bond acceptors (Lipinski definition) is 8. The fraction of sp³-hybridized carbons (Fsp3) is 0.892. The van der Waals surface area contributed by atoms with Gasteiger partial charge >= 0.3 is 0 Å².